The molecule has 5 aromatic rings. The maximum Gasteiger partial charge on any atom is 0.297 e. The lowest BCUT2D eigenvalue weighted by Gasteiger charge is -2.56. The monoisotopic (exact) mass is 959 g/mol. The maximum atomic E-state index is 14.8. The van der Waals surface area contributed by atoms with E-state index in [0.29, 0.717) is 43.7 Å². The van der Waals surface area contributed by atoms with Crippen molar-refractivity contribution >= 4 is 44.0 Å². The van der Waals surface area contributed by atoms with E-state index < -0.39 is 42.9 Å². The number of nitro benzene ring substituents is 1. The van der Waals surface area contributed by atoms with E-state index in [2.05, 4.69) is 73.8 Å². The number of likely N-dealkylation sites (tertiary alicyclic amines) is 1. The van der Waals surface area contributed by atoms with Gasteiger partial charge in [0.2, 0.25) is 0 Å². The number of hydrogen-bond donors (Lipinski definition) is 4. The number of halogens is 1. The minimum absolute atomic E-state index is 0.0219. The highest BCUT2D eigenvalue weighted by atomic mass is 32.2. The second-order valence-electron chi connectivity index (χ2n) is 20.4. The van der Waals surface area contributed by atoms with Gasteiger partial charge in [0.05, 0.1) is 32.4 Å². The number of nitrogens with zero attached hydrogens (tertiary/aromatic N) is 4. The summed E-state index contributed by atoms with van der Waals surface area (Å²) in [6, 6.07) is 17.9. The molecular formula is C52H58FN7O8S. The van der Waals surface area contributed by atoms with Gasteiger partial charge in [0, 0.05) is 55.3 Å². The first-order valence-corrected chi connectivity index (χ1v) is 25.6. The van der Waals surface area contributed by atoms with E-state index in [0.717, 1.165) is 69.3 Å². The zero-order valence-electron chi connectivity index (χ0n) is 39.1. The number of aromatic amines is 1. The first kappa shape index (κ1) is 46.5. The van der Waals surface area contributed by atoms with E-state index in [1.165, 1.54) is 36.1 Å². The van der Waals surface area contributed by atoms with Crippen LogP contribution in [-0.2, 0) is 10.0 Å². The Balaban J connectivity index is 0.884. The number of hydrogen-bond acceptors (Lipinski definition) is 12. The number of aliphatic hydroxyl groups is 1. The fourth-order valence-corrected chi connectivity index (χ4v) is 12.7. The van der Waals surface area contributed by atoms with Gasteiger partial charge >= 0.3 is 0 Å². The second kappa shape index (κ2) is 17.9. The predicted molar refractivity (Wildman–Crippen MR) is 260 cm³/mol. The molecule has 1 spiro atoms. The second-order valence-corrected chi connectivity index (χ2v) is 22.1. The van der Waals surface area contributed by atoms with Crippen LogP contribution >= 0.6 is 0 Å². The number of nitrogens with one attached hydrogen (secondary N) is 3. The Morgan fingerprint density at radius 3 is 2.54 bits per heavy atom. The summed E-state index contributed by atoms with van der Waals surface area (Å²) in [6.07, 6.45) is 16.1. The number of fused-ring (bicyclic) bond motifs is 2. The Morgan fingerprint density at radius 2 is 1.81 bits per heavy atom. The number of ether oxygens (including phenoxy) is 2. The third-order valence-electron chi connectivity index (χ3n) is 15.6. The number of benzene rings is 3. The van der Waals surface area contributed by atoms with E-state index in [-0.39, 0.29) is 69.2 Å². The Bertz CT molecular complexity index is 2980. The third-order valence-corrected chi connectivity index (χ3v) is 16.9. The van der Waals surface area contributed by atoms with Crippen molar-refractivity contribution in [3.8, 4) is 29.6 Å². The van der Waals surface area contributed by atoms with Gasteiger partial charge in [-0.25, -0.2) is 22.5 Å². The summed E-state index contributed by atoms with van der Waals surface area (Å²) in [5.74, 6) is 1.20. The summed E-state index contributed by atoms with van der Waals surface area (Å²) < 4.78 is 57.3. The zero-order valence-corrected chi connectivity index (χ0v) is 39.9. The molecule has 4 N–H and O–H groups in total. The van der Waals surface area contributed by atoms with Crippen LogP contribution in [0.1, 0.15) is 124 Å². The normalized spacial score (nSPS) is 23.7. The summed E-state index contributed by atoms with van der Waals surface area (Å²) in [5.41, 5.74) is 2.64. The van der Waals surface area contributed by atoms with E-state index in [4.69, 9.17) is 15.9 Å². The van der Waals surface area contributed by atoms with Gasteiger partial charge in [0.15, 0.2) is 22.9 Å². The predicted octanol–water partition coefficient (Wildman–Crippen LogP) is 9.33. The summed E-state index contributed by atoms with van der Waals surface area (Å²) in [5, 5.41) is 26.2. The summed E-state index contributed by atoms with van der Waals surface area (Å²) in [6.45, 7) is 9.07. The Morgan fingerprint density at radius 1 is 1.06 bits per heavy atom. The van der Waals surface area contributed by atoms with Crippen LogP contribution in [0.15, 0.2) is 71.8 Å². The number of pyridine rings is 1. The van der Waals surface area contributed by atoms with E-state index >= 15 is 0 Å². The standard InChI is InChI=1S/C52H58FN7O8S/c1-5-41-46(26-39-40(53)29-54-49(39)56-41)68-45-23-33(58-21-18-52(19-22-58)27-34(28-52)59-20-8-11-43(59)37-10-7-6-9-36(37)31(2)3)12-13-38(45)50(61)57-69(65,66)35-24-44(60(63)64)48-47(25-35)67-30-42(55-48)32-14-16-51(4,62)17-15-32/h1,6-7,9-10,12-13,23-26,29,31-32,34,42-43,55,62H,8,11,14-22,27-28,30H2,2-4H3,(H,54,56)(H,57,61)/t32-,42-,43+,51-/m1/s1. The van der Waals surface area contributed by atoms with Crippen LogP contribution in [0.25, 0.3) is 11.0 Å². The van der Waals surface area contributed by atoms with Crippen LogP contribution in [-0.4, -0.2) is 83.1 Å². The van der Waals surface area contributed by atoms with Crippen molar-refractivity contribution in [1.82, 2.24) is 19.6 Å². The summed E-state index contributed by atoms with van der Waals surface area (Å²) in [7, 11) is -4.76. The molecule has 69 heavy (non-hydrogen) atoms. The fourth-order valence-electron chi connectivity index (χ4n) is 11.7. The van der Waals surface area contributed by atoms with E-state index in [1.54, 1.807) is 19.1 Å². The van der Waals surface area contributed by atoms with Crippen molar-refractivity contribution in [2.75, 3.05) is 36.5 Å². The van der Waals surface area contributed by atoms with Crippen LogP contribution in [0.4, 0.5) is 21.5 Å². The van der Waals surface area contributed by atoms with E-state index in [9.17, 15) is 32.8 Å². The summed E-state index contributed by atoms with van der Waals surface area (Å²) >= 11 is 0. The number of aromatic nitrogens is 2. The lowest BCUT2D eigenvalue weighted by Crippen LogP contribution is -2.54. The Kier molecular flexibility index (Phi) is 12.1. The van der Waals surface area contributed by atoms with Gasteiger partial charge in [-0.2, -0.15) is 0 Å². The van der Waals surface area contributed by atoms with E-state index in [1.807, 2.05) is 0 Å². The molecule has 2 saturated carbocycles. The van der Waals surface area contributed by atoms with Gasteiger partial charge < -0.3 is 29.8 Å². The lowest BCUT2D eigenvalue weighted by molar-refractivity contribution is -0.384. The Labute approximate surface area is 401 Å². The van der Waals surface area contributed by atoms with Crippen LogP contribution < -0.4 is 24.4 Å². The van der Waals surface area contributed by atoms with Crippen molar-refractivity contribution in [3.05, 3.63) is 105 Å². The van der Waals surface area contributed by atoms with Crippen LogP contribution in [0.5, 0.6) is 17.2 Å². The molecule has 2 atom stereocenters. The molecule has 2 aromatic heterocycles. The molecule has 3 aromatic carbocycles. The third kappa shape index (κ3) is 8.98. The summed E-state index contributed by atoms with van der Waals surface area (Å²) in [4.78, 5) is 37.4. The number of piperidine rings is 1. The van der Waals surface area contributed by atoms with Gasteiger partial charge in [-0.05, 0) is 130 Å². The number of carbonyl (C=O) groups excluding carboxylic acids is 1. The molecule has 0 bridgehead atoms. The highest BCUT2D eigenvalue weighted by Crippen LogP contribution is 2.54. The molecule has 1 amide bonds. The highest BCUT2D eigenvalue weighted by Gasteiger charge is 2.50. The van der Waals surface area contributed by atoms with Gasteiger partial charge in [0.1, 0.15) is 23.8 Å². The lowest BCUT2D eigenvalue weighted by atomic mass is 9.59. The average Bonchev–Trinajstić information content (AvgIpc) is 3.96. The van der Waals surface area contributed by atoms with Gasteiger partial charge in [-0.1, -0.05) is 38.1 Å². The van der Waals surface area contributed by atoms with Crippen LogP contribution in [0.2, 0.25) is 0 Å². The molecule has 17 heteroatoms. The topological polar surface area (TPSA) is 192 Å². The molecule has 5 aliphatic rings. The first-order valence-electron chi connectivity index (χ1n) is 24.1. The van der Waals surface area contributed by atoms with Gasteiger partial charge in [0.25, 0.3) is 21.6 Å². The van der Waals surface area contributed by atoms with Crippen LogP contribution in [0, 0.1) is 39.6 Å². The molecule has 4 fully saturated rings. The number of carbonyl (C=O) groups is 1. The number of anilines is 2. The smallest absolute Gasteiger partial charge is 0.297 e. The fraction of sp³-hybridized carbons (Fsp3) is 0.462. The molecule has 5 heterocycles. The minimum atomic E-state index is -4.76. The molecular weight excluding hydrogens is 902 g/mol. The molecule has 0 unspecified atom stereocenters. The van der Waals surface area contributed by atoms with Crippen molar-refractivity contribution in [1.29, 1.82) is 0 Å². The SMILES string of the molecule is C#Cc1nc2[nH]cc(F)c2cc1Oc1cc(N2CCC3(CC2)CC(N2CCC[C@H]2c2ccccc2C(C)C)C3)ccc1C(=O)NS(=O)(=O)c1cc2c(c([N+](=O)[O-])c1)N[C@@H]([C@H]1CC[C@](C)(O)CC1)CO2. The molecule has 15 nitrogen and oxygen atoms in total. The molecule has 362 valence electrons. The first-order chi connectivity index (χ1) is 33.0. The number of H-pyrrole nitrogens is 1. The zero-order chi connectivity index (χ0) is 48.4. The number of sulfonamides is 1. The molecule has 2 aliphatic carbocycles. The number of nitro groups is 1. The average molecular weight is 960 g/mol. The molecule has 2 saturated heterocycles. The van der Waals surface area contributed by atoms with Crippen molar-refractivity contribution in [2.45, 2.75) is 120 Å². The number of terminal acetylenes is 1. The molecule has 3 aliphatic heterocycles. The van der Waals surface area contributed by atoms with Gasteiger partial charge in [-0.15, -0.1) is 6.42 Å². The molecule has 0 radical (unpaired) electrons. The Hall–Kier alpha value is -6.22. The van der Waals surface area contributed by atoms with Crippen molar-refractivity contribution < 1.29 is 37.1 Å². The number of amides is 1. The van der Waals surface area contributed by atoms with Crippen molar-refractivity contribution in [2.24, 2.45) is 11.3 Å². The largest absolute Gasteiger partial charge is 0.489 e. The number of rotatable bonds is 11. The van der Waals surface area contributed by atoms with Crippen LogP contribution in [0.3, 0.4) is 0 Å². The molecule has 10 rings (SSSR count). The van der Waals surface area contributed by atoms with Gasteiger partial charge in [-0.3, -0.25) is 19.8 Å². The minimum Gasteiger partial charge on any atom is -0.489 e. The van der Waals surface area contributed by atoms with Crippen molar-refractivity contribution in [3.63, 3.8) is 0 Å². The maximum absolute atomic E-state index is 14.8. The quantitative estimate of drug-likeness (QED) is 0.0558. The highest BCUT2D eigenvalue weighted by molar-refractivity contribution is 7.90.